The predicted octanol–water partition coefficient (Wildman–Crippen LogP) is 7.45. The van der Waals surface area contributed by atoms with E-state index in [1.54, 1.807) is 0 Å². The van der Waals surface area contributed by atoms with E-state index < -0.39 is 24.1 Å². The molecule has 1 saturated heterocycles. The van der Waals surface area contributed by atoms with Gasteiger partial charge in [0.25, 0.3) is 5.92 Å². The fourth-order valence-electron chi connectivity index (χ4n) is 5.32. The molecule has 0 radical (unpaired) electrons. The van der Waals surface area contributed by atoms with Gasteiger partial charge in [0.2, 0.25) is 0 Å². The lowest BCUT2D eigenvalue weighted by Crippen LogP contribution is -2.33. The summed E-state index contributed by atoms with van der Waals surface area (Å²) < 4.78 is 60.6. The van der Waals surface area contributed by atoms with Crippen molar-refractivity contribution >= 4 is 0 Å². The molecule has 1 saturated carbocycles. The molecule has 1 heterocycles. The summed E-state index contributed by atoms with van der Waals surface area (Å²) in [5, 5.41) is 0. The van der Waals surface area contributed by atoms with Gasteiger partial charge < -0.3 is 14.2 Å². The molecular weight excluding hydrogens is 441 g/mol. The Balaban J connectivity index is 1.29. The van der Waals surface area contributed by atoms with Crippen LogP contribution in [0.2, 0.25) is 0 Å². The van der Waals surface area contributed by atoms with Gasteiger partial charge in [0, 0.05) is 23.8 Å². The van der Waals surface area contributed by atoms with Crippen LogP contribution in [0.15, 0.2) is 42.5 Å². The minimum Gasteiger partial charge on any atom is -0.494 e. The Kier molecular flexibility index (Phi) is 8.20. The lowest BCUT2D eigenvalue weighted by atomic mass is 9.75. The minimum atomic E-state index is -2.86. The molecular formula is C28H35F3O3. The summed E-state index contributed by atoms with van der Waals surface area (Å²) in [6, 6.07) is 12.3. The lowest BCUT2D eigenvalue weighted by Gasteiger charge is -2.34. The van der Waals surface area contributed by atoms with Crippen LogP contribution in [0, 0.1) is 17.7 Å². The summed E-state index contributed by atoms with van der Waals surface area (Å²) in [6.45, 7) is 3.62. The van der Waals surface area contributed by atoms with Crippen LogP contribution in [-0.2, 0) is 15.9 Å². The monoisotopic (exact) mass is 476 g/mol. The van der Waals surface area contributed by atoms with E-state index in [0.717, 1.165) is 50.5 Å². The van der Waals surface area contributed by atoms with E-state index in [2.05, 4.69) is 19.1 Å². The maximum Gasteiger partial charge on any atom is 0.254 e. The Hall–Kier alpha value is -2.05. The molecule has 0 N–H and O–H groups in total. The highest BCUT2D eigenvalue weighted by Crippen LogP contribution is 2.44. The zero-order chi connectivity index (χ0) is 24.1. The van der Waals surface area contributed by atoms with Crippen LogP contribution in [0.25, 0.3) is 0 Å². The maximum atomic E-state index is 15.0. The van der Waals surface area contributed by atoms with Gasteiger partial charge >= 0.3 is 0 Å². The largest absolute Gasteiger partial charge is 0.494 e. The molecule has 0 spiro atoms. The molecule has 0 aromatic heterocycles. The first-order chi connectivity index (χ1) is 16.4. The number of alkyl halides is 2. The van der Waals surface area contributed by atoms with Crippen molar-refractivity contribution in [2.24, 2.45) is 11.8 Å². The van der Waals surface area contributed by atoms with Crippen LogP contribution in [-0.4, -0.2) is 26.2 Å². The first kappa shape index (κ1) is 25.1. The summed E-state index contributed by atoms with van der Waals surface area (Å²) in [6.07, 6.45) is 3.86. The van der Waals surface area contributed by atoms with Crippen molar-refractivity contribution in [3.05, 3.63) is 65.0 Å². The predicted molar refractivity (Wildman–Crippen MR) is 126 cm³/mol. The molecule has 6 heteroatoms. The summed E-state index contributed by atoms with van der Waals surface area (Å²) >= 11 is 0. The second-order valence-corrected chi connectivity index (χ2v) is 9.78. The Morgan fingerprint density at radius 3 is 2.18 bits per heavy atom. The van der Waals surface area contributed by atoms with Gasteiger partial charge in [-0.15, -0.1) is 0 Å². The molecule has 2 fully saturated rings. The number of hydrogen-bond acceptors (Lipinski definition) is 3. The number of hydrogen-bond donors (Lipinski definition) is 0. The normalized spacial score (nSPS) is 25.8. The summed E-state index contributed by atoms with van der Waals surface area (Å²) in [5.41, 5.74) is 2.49. The molecule has 2 aromatic rings. The van der Waals surface area contributed by atoms with Gasteiger partial charge in [0.15, 0.2) is 17.9 Å². The summed E-state index contributed by atoms with van der Waals surface area (Å²) in [7, 11) is 1.36. The molecule has 3 nitrogen and oxygen atoms in total. The highest BCUT2D eigenvalue weighted by atomic mass is 19.3. The van der Waals surface area contributed by atoms with Crippen LogP contribution in [0.3, 0.4) is 0 Å². The van der Waals surface area contributed by atoms with E-state index in [1.807, 2.05) is 12.1 Å². The Morgan fingerprint density at radius 2 is 1.59 bits per heavy atom. The number of benzene rings is 2. The van der Waals surface area contributed by atoms with Crippen molar-refractivity contribution < 1.29 is 27.4 Å². The molecule has 0 unspecified atom stereocenters. The Bertz CT molecular complexity index is 915. The molecule has 186 valence electrons. The second-order valence-electron chi connectivity index (χ2n) is 9.78. The third-order valence-corrected chi connectivity index (χ3v) is 7.32. The first-order valence-corrected chi connectivity index (χ1v) is 12.4. The van der Waals surface area contributed by atoms with Gasteiger partial charge in [-0.1, -0.05) is 43.7 Å². The van der Waals surface area contributed by atoms with Crippen LogP contribution in [0.1, 0.15) is 74.3 Å². The van der Waals surface area contributed by atoms with Crippen LogP contribution in [0.5, 0.6) is 5.75 Å². The number of halogens is 3. The van der Waals surface area contributed by atoms with Crippen molar-refractivity contribution in [1.82, 2.24) is 0 Å². The quantitative estimate of drug-likeness (QED) is 0.396. The standard InChI is InChI=1S/C28H35F3O3/c1-3-4-20-17-33-27(34-18-20)23-8-6-21(7-9-23)22-10-12-24(13-11-22)28(30,31)16-19-5-14-26(32-2)25(29)15-19/h5-9,14-15,20,22,24,27H,3-4,10-13,16-18H2,1-2H3. The SMILES string of the molecule is CCCC1COC(c2ccc(C3CCC(C(F)(F)Cc4ccc(OC)c(F)c4)CC3)cc2)OC1. The van der Waals surface area contributed by atoms with Crippen molar-refractivity contribution in [1.29, 1.82) is 0 Å². The van der Waals surface area contributed by atoms with E-state index in [-0.39, 0.29) is 18.0 Å². The molecule has 0 atom stereocenters. The fraction of sp³-hybridized carbons (Fsp3) is 0.571. The second kappa shape index (κ2) is 11.1. The zero-order valence-corrected chi connectivity index (χ0v) is 20.1. The highest BCUT2D eigenvalue weighted by Gasteiger charge is 2.41. The van der Waals surface area contributed by atoms with Gasteiger partial charge in [0.05, 0.1) is 20.3 Å². The average Bonchev–Trinajstić information content (AvgIpc) is 2.85. The van der Waals surface area contributed by atoms with Crippen molar-refractivity contribution in [3.8, 4) is 5.75 Å². The van der Waals surface area contributed by atoms with Gasteiger partial charge in [0.1, 0.15) is 0 Å². The van der Waals surface area contributed by atoms with E-state index in [4.69, 9.17) is 14.2 Å². The molecule has 34 heavy (non-hydrogen) atoms. The van der Waals surface area contributed by atoms with Gasteiger partial charge in [-0.05, 0) is 61.3 Å². The fourth-order valence-corrected chi connectivity index (χ4v) is 5.32. The van der Waals surface area contributed by atoms with Crippen LogP contribution < -0.4 is 4.74 Å². The smallest absolute Gasteiger partial charge is 0.254 e. The summed E-state index contributed by atoms with van der Waals surface area (Å²) in [4.78, 5) is 0. The Labute approximate surface area is 200 Å². The Morgan fingerprint density at radius 1 is 0.941 bits per heavy atom. The van der Waals surface area contributed by atoms with E-state index in [1.165, 1.54) is 24.8 Å². The molecule has 2 aliphatic rings. The highest BCUT2D eigenvalue weighted by molar-refractivity contribution is 5.30. The number of ether oxygens (including phenoxy) is 3. The molecule has 1 aliphatic carbocycles. The van der Waals surface area contributed by atoms with Gasteiger partial charge in [-0.2, -0.15) is 0 Å². The average molecular weight is 477 g/mol. The number of rotatable bonds is 8. The molecule has 4 rings (SSSR count). The number of methoxy groups -OCH3 is 1. The van der Waals surface area contributed by atoms with E-state index in [0.29, 0.717) is 24.3 Å². The van der Waals surface area contributed by atoms with Crippen LogP contribution >= 0.6 is 0 Å². The lowest BCUT2D eigenvalue weighted by molar-refractivity contribution is -0.206. The third kappa shape index (κ3) is 5.95. The zero-order valence-electron chi connectivity index (χ0n) is 20.1. The molecule has 0 amide bonds. The van der Waals surface area contributed by atoms with Crippen molar-refractivity contribution in [3.63, 3.8) is 0 Å². The van der Waals surface area contributed by atoms with Gasteiger partial charge in [-0.3, -0.25) is 0 Å². The molecule has 0 bridgehead atoms. The van der Waals surface area contributed by atoms with Crippen LogP contribution in [0.4, 0.5) is 13.2 Å². The van der Waals surface area contributed by atoms with Crippen molar-refractivity contribution in [2.75, 3.05) is 20.3 Å². The summed E-state index contributed by atoms with van der Waals surface area (Å²) in [5.74, 6) is -3.33. The third-order valence-electron chi connectivity index (χ3n) is 7.32. The van der Waals surface area contributed by atoms with E-state index in [9.17, 15) is 13.2 Å². The van der Waals surface area contributed by atoms with Crippen molar-refractivity contribution in [2.45, 2.75) is 70.0 Å². The molecule has 2 aromatic carbocycles. The maximum absolute atomic E-state index is 15.0. The van der Waals surface area contributed by atoms with E-state index >= 15 is 0 Å². The minimum absolute atomic E-state index is 0.0703. The topological polar surface area (TPSA) is 27.7 Å². The first-order valence-electron chi connectivity index (χ1n) is 12.4. The van der Waals surface area contributed by atoms with Gasteiger partial charge in [-0.25, -0.2) is 13.2 Å². The molecule has 1 aliphatic heterocycles.